The highest BCUT2D eigenvalue weighted by Gasteiger charge is 2.14. The highest BCUT2D eigenvalue weighted by Crippen LogP contribution is 2.16. The molecule has 0 N–H and O–H groups in total. The molecule has 0 saturated carbocycles. The van der Waals surface area contributed by atoms with Gasteiger partial charge in [0, 0.05) is 53.3 Å². The number of rotatable bonds is 6. The molecule has 2 amide bonds. The van der Waals surface area contributed by atoms with Crippen LogP contribution in [-0.2, 0) is 22.6 Å². The Bertz CT molecular complexity index is 518. The van der Waals surface area contributed by atoms with Gasteiger partial charge in [-0.25, -0.2) is 0 Å². The Morgan fingerprint density at radius 2 is 1.52 bits per heavy atom. The Hall–Kier alpha value is -1.85. The quantitative estimate of drug-likeness (QED) is 0.786. The Balaban J connectivity index is 2.71. The lowest BCUT2D eigenvalue weighted by atomic mass is 10.1. The molecular formula is C15H26N4O2. The van der Waals surface area contributed by atoms with Crippen LogP contribution in [0.15, 0.2) is 0 Å². The molecule has 0 aliphatic carbocycles. The second-order valence-corrected chi connectivity index (χ2v) is 5.70. The summed E-state index contributed by atoms with van der Waals surface area (Å²) in [5, 5.41) is 4.49. The van der Waals surface area contributed by atoms with Crippen molar-refractivity contribution in [3.05, 3.63) is 17.0 Å². The molecule has 21 heavy (non-hydrogen) atoms. The normalized spacial score (nSPS) is 10.6. The highest BCUT2D eigenvalue weighted by atomic mass is 16.2. The van der Waals surface area contributed by atoms with Crippen LogP contribution in [0.1, 0.15) is 29.8 Å². The van der Waals surface area contributed by atoms with Crippen molar-refractivity contribution in [3.8, 4) is 0 Å². The van der Waals surface area contributed by atoms with Gasteiger partial charge in [0.2, 0.25) is 11.8 Å². The molecule has 6 heteroatoms. The predicted molar refractivity (Wildman–Crippen MR) is 82.0 cm³/mol. The van der Waals surface area contributed by atoms with Gasteiger partial charge in [0.05, 0.1) is 5.69 Å². The van der Waals surface area contributed by atoms with E-state index in [9.17, 15) is 9.59 Å². The van der Waals surface area contributed by atoms with E-state index in [0.717, 1.165) is 17.0 Å². The molecule has 0 fully saturated rings. The number of carbonyl (C=O) groups excluding carboxylic acids is 2. The molecule has 0 aromatic carbocycles. The van der Waals surface area contributed by atoms with Crippen molar-refractivity contribution in [2.45, 2.75) is 39.7 Å². The highest BCUT2D eigenvalue weighted by molar-refractivity contribution is 5.76. The molecule has 0 aliphatic rings. The molecule has 0 spiro atoms. The zero-order valence-electron chi connectivity index (χ0n) is 13.9. The van der Waals surface area contributed by atoms with Crippen LogP contribution in [0.2, 0.25) is 0 Å². The van der Waals surface area contributed by atoms with Gasteiger partial charge in [-0.1, -0.05) is 0 Å². The number of hydrogen-bond acceptors (Lipinski definition) is 3. The number of aromatic nitrogens is 2. The molecule has 1 rings (SSSR count). The van der Waals surface area contributed by atoms with Crippen molar-refractivity contribution in [1.29, 1.82) is 0 Å². The predicted octanol–water partition coefficient (Wildman–Crippen LogP) is 0.999. The van der Waals surface area contributed by atoms with Crippen molar-refractivity contribution in [2.75, 3.05) is 28.2 Å². The fourth-order valence-electron chi connectivity index (χ4n) is 2.19. The molecule has 0 unspecified atom stereocenters. The lowest BCUT2D eigenvalue weighted by Gasteiger charge is -2.11. The molecule has 0 aliphatic heterocycles. The second-order valence-electron chi connectivity index (χ2n) is 5.70. The maximum Gasteiger partial charge on any atom is 0.223 e. The van der Waals surface area contributed by atoms with E-state index in [4.69, 9.17) is 0 Å². The molecule has 0 bridgehead atoms. The summed E-state index contributed by atoms with van der Waals surface area (Å²) in [6.07, 6.45) is 1.61. The Labute approximate surface area is 126 Å². The third-order valence-electron chi connectivity index (χ3n) is 3.66. The summed E-state index contributed by atoms with van der Waals surface area (Å²) < 4.78 is 1.87. The molecule has 1 aromatic rings. The maximum absolute atomic E-state index is 11.7. The Morgan fingerprint density at radius 1 is 1.00 bits per heavy atom. The van der Waals surface area contributed by atoms with Crippen LogP contribution in [0.25, 0.3) is 0 Å². The summed E-state index contributed by atoms with van der Waals surface area (Å²) in [6.45, 7) is 4.52. The number of carbonyl (C=O) groups is 2. The van der Waals surface area contributed by atoms with Crippen LogP contribution in [-0.4, -0.2) is 59.6 Å². The minimum absolute atomic E-state index is 0.0897. The lowest BCUT2D eigenvalue weighted by Crippen LogP contribution is -2.23. The third-order valence-corrected chi connectivity index (χ3v) is 3.66. The first-order valence-corrected chi connectivity index (χ1v) is 7.17. The largest absolute Gasteiger partial charge is 0.349 e. The zero-order chi connectivity index (χ0) is 16.2. The smallest absolute Gasteiger partial charge is 0.223 e. The summed E-state index contributed by atoms with van der Waals surface area (Å²) in [7, 11) is 7.03. The van der Waals surface area contributed by atoms with Gasteiger partial charge in [-0.3, -0.25) is 14.3 Å². The Morgan fingerprint density at radius 3 is 2.05 bits per heavy atom. The molecule has 0 atom stereocenters. The van der Waals surface area contributed by atoms with E-state index in [0.29, 0.717) is 25.8 Å². The van der Waals surface area contributed by atoms with Gasteiger partial charge in [0.1, 0.15) is 0 Å². The van der Waals surface area contributed by atoms with Crippen LogP contribution < -0.4 is 0 Å². The monoisotopic (exact) mass is 294 g/mol. The van der Waals surface area contributed by atoms with Crippen LogP contribution >= 0.6 is 0 Å². The van der Waals surface area contributed by atoms with E-state index >= 15 is 0 Å². The van der Waals surface area contributed by atoms with Gasteiger partial charge in [0.25, 0.3) is 0 Å². The van der Waals surface area contributed by atoms with Gasteiger partial charge in [0.15, 0.2) is 0 Å². The molecule has 118 valence electrons. The summed E-state index contributed by atoms with van der Waals surface area (Å²) in [5.74, 6) is 0.205. The molecule has 0 radical (unpaired) electrons. The number of nitrogens with zero attached hydrogens (tertiary/aromatic N) is 4. The fraction of sp³-hybridized carbons (Fsp3) is 0.667. The number of amides is 2. The first-order chi connectivity index (χ1) is 9.73. The molecule has 6 nitrogen and oxygen atoms in total. The number of aryl methyl sites for hydroxylation is 2. The summed E-state index contributed by atoms with van der Waals surface area (Å²) >= 11 is 0. The van der Waals surface area contributed by atoms with Crippen LogP contribution in [0.4, 0.5) is 0 Å². The van der Waals surface area contributed by atoms with Crippen molar-refractivity contribution >= 4 is 11.8 Å². The average Bonchev–Trinajstić information content (AvgIpc) is 2.67. The standard InChI is InChI=1S/C15H26N4O2/c1-11-13(7-8-14(20)17(3)4)12(2)19(16-11)10-9-15(21)18(5)6/h7-10H2,1-6H3. The van der Waals surface area contributed by atoms with Gasteiger partial charge in [-0.2, -0.15) is 5.10 Å². The van der Waals surface area contributed by atoms with Crippen molar-refractivity contribution in [3.63, 3.8) is 0 Å². The van der Waals surface area contributed by atoms with E-state index in [1.165, 1.54) is 0 Å². The summed E-state index contributed by atoms with van der Waals surface area (Å²) in [5.41, 5.74) is 3.10. The van der Waals surface area contributed by atoms with Crippen molar-refractivity contribution < 1.29 is 9.59 Å². The topological polar surface area (TPSA) is 58.4 Å². The summed E-state index contributed by atoms with van der Waals surface area (Å²) in [6, 6.07) is 0. The van der Waals surface area contributed by atoms with E-state index in [1.807, 2.05) is 18.5 Å². The van der Waals surface area contributed by atoms with E-state index in [-0.39, 0.29) is 11.8 Å². The maximum atomic E-state index is 11.7. The lowest BCUT2D eigenvalue weighted by molar-refractivity contribution is -0.129. The van der Waals surface area contributed by atoms with Gasteiger partial charge < -0.3 is 9.80 Å². The van der Waals surface area contributed by atoms with Gasteiger partial charge in [-0.15, -0.1) is 0 Å². The van der Waals surface area contributed by atoms with Gasteiger partial charge >= 0.3 is 0 Å². The minimum atomic E-state index is 0.0897. The molecule has 0 saturated heterocycles. The van der Waals surface area contributed by atoms with E-state index < -0.39 is 0 Å². The first kappa shape index (κ1) is 17.2. The van der Waals surface area contributed by atoms with Crippen LogP contribution in [0.5, 0.6) is 0 Å². The van der Waals surface area contributed by atoms with E-state index in [2.05, 4.69) is 5.10 Å². The third kappa shape index (κ3) is 4.58. The zero-order valence-corrected chi connectivity index (χ0v) is 13.9. The van der Waals surface area contributed by atoms with Crippen molar-refractivity contribution in [1.82, 2.24) is 19.6 Å². The SMILES string of the molecule is Cc1nn(CCC(=O)N(C)C)c(C)c1CCC(=O)N(C)C. The average molecular weight is 294 g/mol. The molecular weight excluding hydrogens is 268 g/mol. The van der Waals surface area contributed by atoms with Gasteiger partial charge in [-0.05, 0) is 25.8 Å². The Kier molecular flexibility index (Phi) is 5.93. The fourth-order valence-corrected chi connectivity index (χ4v) is 2.19. The number of hydrogen-bond donors (Lipinski definition) is 0. The van der Waals surface area contributed by atoms with E-state index in [1.54, 1.807) is 38.0 Å². The molecule has 1 heterocycles. The van der Waals surface area contributed by atoms with Crippen molar-refractivity contribution in [2.24, 2.45) is 0 Å². The minimum Gasteiger partial charge on any atom is -0.349 e. The van der Waals surface area contributed by atoms with Crippen LogP contribution in [0.3, 0.4) is 0 Å². The van der Waals surface area contributed by atoms with Crippen LogP contribution in [0, 0.1) is 13.8 Å². The second kappa shape index (κ2) is 7.24. The molecule has 1 aromatic heterocycles. The summed E-state index contributed by atoms with van der Waals surface area (Å²) in [4.78, 5) is 26.5. The first-order valence-electron chi connectivity index (χ1n) is 7.17.